The van der Waals surface area contributed by atoms with Crippen molar-refractivity contribution < 1.29 is 0 Å². The number of benzene rings is 1. The minimum atomic E-state index is 0.999. The number of aromatic nitrogens is 1. The number of para-hydroxylation sites is 1. The molecule has 1 heterocycles. The minimum absolute atomic E-state index is 0.999. The van der Waals surface area contributed by atoms with Gasteiger partial charge in [-0.2, -0.15) is 0 Å². The number of aromatic amines is 1. The SMILES string of the molecule is C=c1[nH]c2ccccc2/c1=C\C. The maximum Gasteiger partial charge on any atom is 0.0464 e. The van der Waals surface area contributed by atoms with Crippen molar-refractivity contribution in [2.45, 2.75) is 6.92 Å². The summed E-state index contributed by atoms with van der Waals surface area (Å²) in [7, 11) is 0. The van der Waals surface area contributed by atoms with Crippen molar-refractivity contribution in [3.05, 3.63) is 34.8 Å². The van der Waals surface area contributed by atoms with Crippen molar-refractivity contribution in [3.63, 3.8) is 0 Å². The van der Waals surface area contributed by atoms with Crippen molar-refractivity contribution in [2.75, 3.05) is 0 Å². The molecule has 1 heteroatoms. The first-order valence-electron chi connectivity index (χ1n) is 4.05. The van der Waals surface area contributed by atoms with Crippen molar-refractivity contribution in [1.82, 2.24) is 4.98 Å². The van der Waals surface area contributed by atoms with E-state index in [0.29, 0.717) is 0 Å². The summed E-state index contributed by atoms with van der Waals surface area (Å²) in [5.74, 6) is 0. The van der Waals surface area contributed by atoms with Crippen LogP contribution in [0.5, 0.6) is 0 Å². The fourth-order valence-corrected chi connectivity index (χ4v) is 1.55. The Morgan fingerprint density at radius 1 is 1.33 bits per heavy atom. The minimum Gasteiger partial charge on any atom is -0.355 e. The Labute approximate surface area is 71.0 Å². The molecule has 0 saturated carbocycles. The number of H-pyrrole nitrogens is 1. The van der Waals surface area contributed by atoms with Crippen LogP contribution in [-0.2, 0) is 0 Å². The van der Waals surface area contributed by atoms with Gasteiger partial charge < -0.3 is 4.98 Å². The Balaban J connectivity index is 3.12. The third-order valence-electron chi connectivity index (χ3n) is 2.12. The van der Waals surface area contributed by atoms with Gasteiger partial charge in [-0.3, -0.25) is 0 Å². The van der Waals surface area contributed by atoms with Gasteiger partial charge in [0, 0.05) is 21.5 Å². The van der Waals surface area contributed by atoms with E-state index in [0.717, 1.165) is 10.9 Å². The maximum absolute atomic E-state index is 3.94. The van der Waals surface area contributed by atoms with Crippen LogP contribution in [0, 0.1) is 0 Å². The Kier molecular flexibility index (Phi) is 1.51. The molecule has 1 aromatic carbocycles. The molecule has 1 aromatic heterocycles. The highest BCUT2D eigenvalue weighted by atomic mass is 14.7. The first-order valence-corrected chi connectivity index (χ1v) is 4.05. The zero-order valence-electron chi connectivity index (χ0n) is 7.09. The molecule has 1 nitrogen and oxygen atoms in total. The molecule has 60 valence electrons. The number of fused-ring (bicyclic) bond motifs is 1. The van der Waals surface area contributed by atoms with Gasteiger partial charge in [-0.05, 0) is 13.0 Å². The van der Waals surface area contributed by atoms with Gasteiger partial charge in [-0.1, -0.05) is 30.9 Å². The Bertz CT molecular complexity index is 505. The lowest BCUT2D eigenvalue weighted by Crippen LogP contribution is -2.19. The van der Waals surface area contributed by atoms with Gasteiger partial charge in [0.05, 0.1) is 0 Å². The maximum atomic E-state index is 3.94. The first kappa shape index (κ1) is 7.17. The van der Waals surface area contributed by atoms with Crippen LogP contribution in [0.4, 0.5) is 0 Å². The van der Waals surface area contributed by atoms with Gasteiger partial charge in [-0.25, -0.2) is 0 Å². The van der Waals surface area contributed by atoms with Gasteiger partial charge >= 0.3 is 0 Å². The Morgan fingerprint density at radius 2 is 2.08 bits per heavy atom. The van der Waals surface area contributed by atoms with Gasteiger partial charge in [0.2, 0.25) is 0 Å². The molecule has 0 aliphatic carbocycles. The predicted molar refractivity (Wildman–Crippen MR) is 53.2 cm³/mol. The largest absolute Gasteiger partial charge is 0.355 e. The van der Waals surface area contributed by atoms with Crippen LogP contribution in [0.25, 0.3) is 23.6 Å². The average Bonchev–Trinajstić information content (AvgIpc) is 2.40. The second-order valence-electron chi connectivity index (χ2n) is 2.85. The molecule has 0 fully saturated rings. The number of hydrogen-bond acceptors (Lipinski definition) is 0. The van der Waals surface area contributed by atoms with Crippen molar-refractivity contribution >= 4 is 23.6 Å². The quantitative estimate of drug-likeness (QED) is 0.594. The Morgan fingerprint density at radius 3 is 2.83 bits per heavy atom. The summed E-state index contributed by atoms with van der Waals surface area (Å²) < 4.78 is 0. The molecule has 0 aliphatic heterocycles. The van der Waals surface area contributed by atoms with E-state index in [1.165, 1.54) is 10.6 Å². The van der Waals surface area contributed by atoms with Crippen molar-refractivity contribution in [2.24, 2.45) is 0 Å². The summed E-state index contributed by atoms with van der Waals surface area (Å²) in [6, 6.07) is 8.24. The highest BCUT2D eigenvalue weighted by molar-refractivity contribution is 5.80. The molecule has 12 heavy (non-hydrogen) atoms. The molecule has 0 bridgehead atoms. The standard InChI is InChI=1S/C11H11N/c1-3-9-8(2)12-11-7-5-4-6-10(9)11/h3-7,12H,2H2,1H3/b9-3-. The van der Waals surface area contributed by atoms with Gasteiger partial charge in [0.25, 0.3) is 0 Å². The van der Waals surface area contributed by atoms with E-state index in [-0.39, 0.29) is 0 Å². The molecule has 1 N–H and O–H groups in total. The third kappa shape index (κ3) is 0.866. The summed E-state index contributed by atoms with van der Waals surface area (Å²) in [4.78, 5) is 3.24. The second kappa shape index (κ2) is 2.52. The first-order chi connectivity index (χ1) is 5.83. The predicted octanol–water partition coefficient (Wildman–Crippen LogP) is 1.38. The molecular weight excluding hydrogens is 146 g/mol. The number of nitrogens with one attached hydrogen (secondary N) is 1. The monoisotopic (exact) mass is 157 g/mol. The Hall–Kier alpha value is -1.50. The van der Waals surface area contributed by atoms with Crippen LogP contribution in [0.1, 0.15) is 6.92 Å². The fourth-order valence-electron chi connectivity index (χ4n) is 1.55. The van der Waals surface area contributed by atoms with E-state index in [2.05, 4.69) is 29.8 Å². The van der Waals surface area contributed by atoms with E-state index in [1.807, 2.05) is 19.1 Å². The molecule has 0 spiro atoms. The topological polar surface area (TPSA) is 15.8 Å². The molecule has 2 aromatic rings. The summed E-state index contributed by atoms with van der Waals surface area (Å²) in [5.41, 5.74) is 1.16. The summed E-state index contributed by atoms with van der Waals surface area (Å²) >= 11 is 0. The zero-order chi connectivity index (χ0) is 8.55. The molecule has 2 rings (SSSR count). The van der Waals surface area contributed by atoms with Crippen LogP contribution in [-0.4, -0.2) is 4.98 Å². The van der Waals surface area contributed by atoms with E-state index >= 15 is 0 Å². The van der Waals surface area contributed by atoms with E-state index < -0.39 is 0 Å². The summed E-state index contributed by atoms with van der Waals surface area (Å²) in [6.45, 7) is 5.97. The van der Waals surface area contributed by atoms with Gasteiger partial charge in [-0.15, -0.1) is 0 Å². The smallest absolute Gasteiger partial charge is 0.0464 e. The average molecular weight is 157 g/mol. The molecule has 0 radical (unpaired) electrons. The second-order valence-corrected chi connectivity index (χ2v) is 2.85. The highest BCUT2D eigenvalue weighted by Gasteiger charge is 1.94. The van der Waals surface area contributed by atoms with E-state index in [4.69, 9.17) is 0 Å². The number of rotatable bonds is 0. The van der Waals surface area contributed by atoms with Gasteiger partial charge in [0.15, 0.2) is 0 Å². The van der Waals surface area contributed by atoms with Gasteiger partial charge in [0.1, 0.15) is 0 Å². The fraction of sp³-hybridized carbons (Fsp3) is 0.0909. The van der Waals surface area contributed by atoms with E-state index in [9.17, 15) is 0 Å². The lowest BCUT2D eigenvalue weighted by Gasteiger charge is -1.84. The normalized spacial score (nSPS) is 12.6. The molecule has 0 aliphatic rings. The number of hydrogen-bond donors (Lipinski definition) is 1. The van der Waals surface area contributed by atoms with Crippen LogP contribution in [0.3, 0.4) is 0 Å². The van der Waals surface area contributed by atoms with Crippen LogP contribution in [0.2, 0.25) is 0 Å². The summed E-state index contributed by atoms with van der Waals surface area (Å²) in [6.07, 6.45) is 2.08. The lowest BCUT2D eigenvalue weighted by atomic mass is 10.2. The van der Waals surface area contributed by atoms with Crippen molar-refractivity contribution in [3.8, 4) is 0 Å². The molecule has 0 amide bonds. The van der Waals surface area contributed by atoms with Crippen molar-refractivity contribution in [1.29, 1.82) is 0 Å². The summed E-state index contributed by atoms with van der Waals surface area (Å²) in [5, 5.41) is 3.47. The van der Waals surface area contributed by atoms with E-state index in [1.54, 1.807) is 0 Å². The van der Waals surface area contributed by atoms with Crippen LogP contribution < -0.4 is 10.6 Å². The molecule has 0 unspecified atom stereocenters. The van der Waals surface area contributed by atoms with Crippen LogP contribution >= 0.6 is 0 Å². The zero-order valence-corrected chi connectivity index (χ0v) is 7.09. The molecule has 0 saturated heterocycles. The molecule has 0 atom stereocenters. The highest BCUT2D eigenvalue weighted by Crippen LogP contribution is 2.02. The molecular formula is C11H11N. The third-order valence-corrected chi connectivity index (χ3v) is 2.12. The lowest BCUT2D eigenvalue weighted by molar-refractivity contribution is 1.37. The van der Waals surface area contributed by atoms with Crippen LogP contribution in [0.15, 0.2) is 24.3 Å².